The van der Waals surface area contributed by atoms with Gasteiger partial charge in [0, 0.05) is 11.6 Å². The monoisotopic (exact) mass is 264 g/mol. The van der Waals surface area contributed by atoms with Gasteiger partial charge in [-0.05, 0) is 50.4 Å². The minimum atomic E-state index is -3.34. The van der Waals surface area contributed by atoms with Crippen molar-refractivity contribution in [2.45, 2.75) is 30.4 Å². The second-order valence-corrected chi connectivity index (χ2v) is 7.90. The molecule has 0 saturated carbocycles. The zero-order chi connectivity index (χ0) is 13.6. The molecule has 0 bridgehead atoms. The van der Waals surface area contributed by atoms with Crippen LogP contribution in [0.5, 0.6) is 0 Å². The largest absolute Gasteiger partial charge is 0.383 e. The number of benzene rings is 1. The number of pyridine rings is 1. The smallest absolute Gasteiger partial charge is 0.183 e. The standard InChI is InChI=1S/C13H16N2O2S/c1-13(2,3)18(16,17)10-4-5-11-9(8-10)6-7-15-12(11)14/h4-8H,1-3H3,(H2,14,15). The zero-order valence-electron chi connectivity index (χ0n) is 10.6. The quantitative estimate of drug-likeness (QED) is 0.858. The lowest BCUT2D eigenvalue weighted by Crippen LogP contribution is -2.27. The topological polar surface area (TPSA) is 73.0 Å². The summed E-state index contributed by atoms with van der Waals surface area (Å²) in [6.45, 7) is 5.06. The Balaban J connectivity index is 2.70. The number of rotatable bonds is 1. The Morgan fingerprint density at radius 1 is 1.17 bits per heavy atom. The molecule has 1 aromatic heterocycles. The molecule has 0 spiro atoms. The lowest BCUT2D eigenvalue weighted by molar-refractivity contribution is 0.560. The van der Waals surface area contributed by atoms with Crippen LogP contribution in [-0.4, -0.2) is 18.1 Å². The molecular formula is C13H16N2O2S. The highest BCUT2D eigenvalue weighted by Crippen LogP contribution is 2.28. The highest BCUT2D eigenvalue weighted by Gasteiger charge is 2.30. The summed E-state index contributed by atoms with van der Waals surface area (Å²) in [7, 11) is -3.34. The first kappa shape index (κ1) is 12.8. The fraction of sp³-hybridized carbons (Fsp3) is 0.308. The van der Waals surface area contributed by atoms with E-state index in [1.54, 1.807) is 51.2 Å². The van der Waals surface area contributed by atoms with Crippen molar-refractivity contribution in [3.8, 4) is 0 Å². The Labute approximate surface area is 107 Å². The highest BCUT2D eigenvalue weighted by molar-refractivity contribution is 7.92. The predicted octanol–water partition coefficient (Wildman–Crippen LogP) is 2.39. The van der Waals surface area contributed by atoms with E-state index in [-0.39, 0.29) is 0 Å². The molecule has 1 heterocycles. The van der Waals surface area contributed by atoms with Gasteiger partial charge in [0.15, 0.2) is 9.84 Å². The van der Waals surface area contributed by atoms with Crippen LogP contribution in [0.25, 0.3) is 10.8 Å². The van der Waals surface area contributed by atoms with Gasteiger partial charge in [-0.3, -0.25) is 0 Å². The minimum absolute atomic E-state index is 0.313. The molecule has 0 aliphatic rings. The van der Waals surface area contributed by atoms with Crippen molar-refractivity contribution in [1.29, 1.82) is 0 Å². The van der Waals surface area contributed by atoms with Gasteiger partial charge in [0.05, 0.1) is 9.64 Å². The molecule has 1 aromatic carbocycles. The van der Waals surface area contributed by atoms with Crippen molar-refractivity contribution in [2.24, 2.45) is 0 Å². The maximum absolute atomic E-state index is 12.3. The van der Waals surface area contributed by atoms with Gasteiger partial charge in [-0.2, -0.15) is 0 Å². The van der Waals surface area contributed by atoms with E-state index in [2.05, 4.69) is 4.98 Å². The highest BCUT2D eigenvalue weighted by atomic mass is 32.2. The van der Waals surface area contributed by atoms with Crippen LogP contribution in [0.2, 0.25) is 0 Å². The third-order valence-electron chi connectivity index (χ3n) is 2.88. The summed E-state index contributed by atoms with van der Waals surface area (Å²) in [6.07, 6.45) is 1.57. The van der Waals surface area contributed by atoms with E-state index in [9.17, 15) is 8.42 Å². The molecule has 0 amide bonds. The average molecular weight is 264 g/mol. The van der Waals surface area contributed by atoms with Crippen LogP contribution in [0, 0.1) is 0 Å². The Kier molecular flexibility index (Phi) is 2.81. The fourth-order valence-electron chi connectivity index (χ4n) is 1.70. The number of fused-ring (bicyclic) bond motifs is 1. The van der Waals surface area contributed by atoms with Gasteiger partial charge in [0.2, 0.25) is 0 Å². The number of sulfone groups is 1. The number of nitrogen functional groups attached to an aromatic ring is 1. The number of hydrogen-bond acceptors (Lipinski definition) is 4. The first-order valence-electron chi connectivity index (χ1n) is 5.62. The van der Waals surface area contributed by atoms with Crippen LogP contribution >= 0.6 is 0 Å². The summed E-state index contributed by atoms with van der Waals surface area (Å²) < 4.78 is 23.9. The second kappa shape index (κ2) is 3.95. The predicted molar refractivity (Wildman–Crippen MR) is 73.1 cm³/mol. The number of hydrogen-bond donors (Lipinski definition) is 1. The molecule has 2 aromatic rings. The molecule has 0 unspecified atom stereocenters. The van der Waals surface area contributed by atoms with Gasteiger partial charge in [-0.15, -0.1) is 0 Å². The molecule has 0 aliphatic heterocycles. The first-order valence-corrected chi connectivity index (χ1v) is 7.11. The normalized spacial score (nSPS) is 12.8. The molecule has 5 heteroatoms. The van der Waals surface area contributed by atoms with E-state index in [1.807, 2.05) is 0 Å². The Morgan fingerprint density at radius 3 is 2.44 bits per heavy atom. The van der Waals surface area contributed by atoms with Crippen molar-refractivity contribution in [2.75, 3.05) is 5.73 Å². The molecule has 0 fully saturated rings. The second-order valence-electron chi connectivity index (χ2n) is 5.19. The number of anilines is 1. The van der Waals surface area contributed by atoms with E-state index in [0.717, 1.165) is 10.8 Å². The molecule has 2 N–H and O–H groups in total. The van der Waals surface area contributed by atoms with E-state index < -0.39 is 14.6 Å². The van der Waals surface area contributed by atoms with Crippen LogP contribution in [0.4, 0.5) is 5.82 Å². The summed E-state index contributed by atoms with van der Waals surface area (Å²) in [6, 6.07) is 6.69. The van der Waals surface area contributed by atoms with E-state index >= 15 is 0 Å². The van der Waals surface area contributed by atoms with Gasteiger partial charge >= 0.3 is 0 Å². The van der Waals surface area contributed by atoms with E-state index in [0.29, 0.717) is 10.7 Å². The number of aromatic nitrogens is 1. The lowest BCUT2D eigenvalue weighted by atomic mass is 10.2. The van der Waals surface area contributed by atoms with Crippen molar-refractivity contribution in [3.05, 3.63) is 30.5 Å². The maximum Gasteiger partial charge on any atom is 0.183 e. The maximum atomic E-state index is 12.3. The molecule has 96 valence electrons. The zero-order valence-corrected chi connectivity index (χ0v) is 11.5. The van der Waals surface area contributed by atoms with Gasteiger partial charge < -0.3 is 5.73 Å². The minimum Gasteiger partial charge on any atom is -0.383 e. The molecule has 0 saturated heterocycles. The van der Waals surface area contributed by atoms with Crippen LogP contribution in [0.3, 0.4) is 0 Å². The molecule has 0 aliphatic carbocycles. The third kappa shape index (κ3) is 1.95. The van der Waals surface area contributed by atoms with E-state index in [1.165, 1.54) is 0 Å². The first-order chi connectivity index (χ1) is 8.23. The van der Waals surface area contributed by atoms with Crippen LogP contribution in [-0.2, 0) is 9.84 Å². The van der Waals surface area contributed by atoms with Crippen molar-refractivity contribution in [3.63, 3.8) is 0 Å². The van der Waals surface area contributed by atoms with Gasteiger partial charge in [-0.25, -0.2) is 13.4 Å². The summed E-state index contributed by atoms with van der Waals surface area (Å²) in [5, 5.41) is 1.55. The lowest BCUT2D eigenvalue weighted by Gasteiger charge is -2.19. The Morgan fingerprint density at radius 2 is 1.83 bits per heavy atom. The van der Waals surface area contributed by atoms with Gasteiger partial charge in [0.25, 0.3) is 0 Å². The summed E-state index contributed by atoms with van der Waals surface area (Å²) in [4.78, 5) is 4.29. The number of nitrogens with zero attached hydrogens (tertiary/aromatic N) is 1. The van der Waals surface area contributed by atoms with Crippen molar-refractivity contribution < 1.29 is 8.42 Å². The van der Waals surface area contributed by atoms with Crippen molar-refractivity contribution >= 4 is 26.4 Å². The van der Waals surface area contributed by atoms with Crippen LogP contribution in [0.1, 0.15) is 20.8 Å². The molecule has 0 atom stereocenters. The molecule has 4 nitrogen and oxygen atoms in total. The summed E-state index contributed by atoms with van der Waals surface area (Å²) in [5.74, 6) is 0.409. The molecule has 0 radical (unpaired) electrons. The van der Waals surface area contributed by atoms with E-state index in [4.69, 9.17) is 5.73 Å². The van der Waals surface area contributed by atoms with Crippen LogP contribution in [0.15, 0.2) is 35.4 Å². The van der Waals surface area contributed by atoms with Crippen LogP contribution < -0.4 is 5.73 Å². The number of nitrogens with two attached hydrogens (primary N) is 1. The summed E-state index contributed by atoms with van der Waals surface area (Å²) >= 11 is 0. The fourth-order valence-corrected chi connectivity index (χ4v) is 2.94. The molecule has 18 heavy (non-hydrogen) atoms. The SMILES string of the molecule is CC(C)(C)S(=O)(=O)c1ccc2c(N)nccc2c1. The van der Waals surface area contributed by atoms with Crippen molar-refractivity contribution in [1.82, 2.24) is 4.98 Å². The third-order valence-corrected chi connectivity index (χ3v) is 5.37. The van der Waals surface area contributed by atoms with Gasteiger partial charge in [0.1, 0.15) is 5.82 Å². The Bertz CT molecular complexity index is 700. The van der Waals surface area contributed by atoms with Gasteiger partial charge in [-0.1, -0.05) is 0 Å². The Hall–Kier alpha value is -1.62. The average Bonchev–Trinajstić information content (AvgIpc) is 2.27. The molecule has 2 rings (SSSR count). The molecular weight excluding hydrogens is 248 g/mol. The summed E-state index contributed by atoms with van der Waals surface area (Å²) in [5.41, 5.74) is 5.74.